The van der Waals surface area contributed by atoms with Gasteiger partial charge in [0.15, 0.2) is 0 Å². The van der Waals surface area contributed by atoms with Crippen molar-refractivity contribution in [3.63, 3.8) is 0 Å². The zero-order valence-corrected chi connectivity index (χ0v) is 12.0. The van der Waals surface area contributed by atoms with Gasteiger partial charge in [-0.25, -0.2) is 0 Å². The van der Waals surface area contributed by atoms with E-state index in [-0.39, 0.29) is 0 Å². The van der Waals surface area contributed by atoms with Crippen LogP contribution in [0.1, 0.15) is 32.1 Å². The van der Waals surface area contributed by atoms with Crippen LogP contribution < -0.4 is 5.32 Å². The van der Waals surface area contributed by atoms with Crippen LogP contribution in [-0.4, -0.2) is 50.1 Å². The third kappa shape index (κ3) is 5.07. The summed E-state index contributed by atoms with van der Waals surface area (Å²) in [5.41, 5.74) is 0. The monoisotopic (exact) mass is 244 g/mol. The van der Waals surface area contributed by atoms with E-state index in [1.165, 1.54) is 50.9 Å². The lowest BCUT2D eigenvalue weighted by Crippen LogP contribution is -2.39. The molecular formula is C13H28N2S. The summed E-state index contributed by atoms with van der Waals surface area (Å²) in [6.45, 7) is 2.50. The quantitative estimate of drug-likeness (QED) is 0.723. The summed E-state index contributed by atoms with van der Waals surface area (Å²) in [5, 5.41) is 3.52. The molecule has 1 fully saturated rings. The van der Waals surface area contributed by atoms with E-state index in [9.17, 15) is 0 Å². The Kier molecular flexibility index (Phi) is 7.50. The Balaban J connectivity index is 2.35. The molecule has 0 saturated heterocycles. The lowest BCUT2D eigenvalue weighted by molar-refractivity contribution is 0.238. The molecule has 1 saturated carbocycles. The molecule has 0 aliphatic heterocycles. The molecule has 1 aliphatic carbocycles. The van der Waals surface area contributed by atoms with Crippen LogP contribution in [0.3, 0.4) is 0 Å². The smallest absolute Gasteiger partial charge is 0.0104 e. The van der Waals surface area contributed by atoms with Gasteiger partial charge in [-0.3, -0.25) is 0 Å². The van der Waals surface area contributed by atoms with Crippen molar-refractivity contribution in [2.24, 2.45) is 5.92 Å². The summed E-state index contributed by atoms with van der Waals surface area (Å²) in [4.78, 5) is 2.51. The summed E-state index contributed by atoms with van der Waals surface area (Å²) < 4.78 is 0. The van der Waals surface area contributed by atoms with E-state index in [4.69, 9.17) is 0 Å². The van der Waals surface area contributed by atoms with Crippen LogP contribution in [0.4, 0.5) is 0 Å². The second kappa shape index (κ2) is 8.37. The van der Waals surface area contributed by atoms with Crippen molar-refractivity contribution in [3.05, 3.63) is 0 Å². The fourth-order valence-electron chi connectivity index (χ4n) is 2.72. The first-order valence-electron chi connectivity index (χ1n) is 6.62. The SMILES string of the molecule is CNC1CCCCCC1CN(C)CCSC. The van der Waals surface area contributed by atoms with Gasteiger partial charge in [0.2, 0.25) is 0 Å². The van der Waals surface area contributed by atoms with Gasteiger partial charge in [0.25, 0.3) is 0 Å². The fraction of sp³-hybridized carbons (Fsp3) is 1.00. The van der Waals surface area contributed by atoms with Gasteiger partial charge < -0.3 is 10.2 Å². The van der Waals surface area contributed by atoms with Gasteiger partial charge >= 0.3 is 0 Å². The molecule has 1 aliphatic rings. The summed E-state index contributed by atoms with van der Waals surface area (Å²) in [7, 11) is 4.40. The van der Waals surface area contributed by atoms with Crippen molar-refractivity contribution < 1.29 is 0 Å². The van der Waals surface area contributed by atoms with Gasteiger partial charge in [0, 0.05) is 24.9 Å². The molecule has 1 rings (SSSR count). The molecule has 2 atom stereocenters. The van der Waals surface area contributed by atoms with Crippen molar-refractivity contribution in [2.75, 3.05) is 39.2 Å². The van der Waals surface area contributed by atoms with Crippen LogP contribution in [-0.2, 0) is 0 Å². The number of rotatable bonds is 6. The maximum absolute atomic E-state index is 3.52. The maximum Gasteiger partial charge on any atom is 0.0104 e. The zero-order chi connectivity index (χ0) is 11.8. The van der Waals surface area contributed by atoms with Gasteiger partial charge in [-0.15, -0.1) is 0 Å². The molecule has 96 valence electrons. The first-order chi connectivity index (χ1) is 7.77. The van der Waals surface area contributed by atoms with Crippen LogP contribution >= 0.6 is 11.8 Å². The fourth-order valence-corrected chi connectivity index (χ4v) is 3.22. The molecule has 2 nitrogen and oxygen atoms in total. The van der Waals surface area contributed by atoms with Crippen LogP contribution in [0, 0.1) is 5.92 Å². The first kappa shape index (κ1) is 14.3. The van der Waals surface area contributed by atoms with E-state index in [0.717, 1.165) is 12.0 Å². The summed E-state index contributed by atoms with van der Waals surface area (Å²) in [6.07, 6.45) is 9.25. The van der Waals surface area contributed by atoms with Gasteiger partial charge in [0.05, 0.1) is 0 Å². The number of hydrogen-bond acceptors (Lipinski definition) is 3. The summed E-state index contributed by atoms with van der Waals surface area (Å²) in [5.74, 6) is 2.12. The molecule has 0 bridgehead atoms. The van der Waals surface area contributed by atoms with Gasteiger partial charge in [0.1, 0.15) is 0 Å². The molecular weight excluding hydrogens is 216 g/mol. The highest BCUT2D eigenvalue weighted by molar-refractivity contribution is 7.98. The number of nitrogens with one attached hydrogen (secondary N) is 1. The molecule has 2 unspecified atom stereocenters. The van der Waals surface area contributed by atoms with Gasteiger partial charge in [-0.2, -0.15) is 11.8 Å². The van der Waals surface area contributed by atoms with E-state index >= 15 is 0 Å². The molecule has 0 amide bonds. The lowest BCUT2D eigenvalue weighted by Gasteiger charge is -2.29. The van der Waals surface area contributed by atoms with Crippen LogP contribution in [0.2, 0.25) is 0 Å². The van der Waals surface area contributed by atoms with Crippen molar-refractivity contribution in [3.8, 4) is 0 Å². The Hall–Kier alpha value is 0.270. The molecule has 16 heavy (non-hydrogen) atoms. The van der Waals surface area contributed by atoms with Crippen molar-refractivity contribution >= 4 is 11.8 Å². The highest BCUT2D eigenvalue weighted by Crippen LogP contribution is 2.24. The Morgan fingerprint density at radius 3 is 2.69 bits per heavy atom. The summed E-state index contributed by atoms with van der Waals surface area (Å²) >= 11 is 1.95. The Labute approximate surface area is 106 Å². The molecule has 0 aromatic heterocycles. The molecule has 0 aromatic rings. The molecule has 0 heterocycles. The second-order valence-electron chi connectivity index (χ2n) is 5.05. The summed E-state index contributed by atoms with van der Waals surface area (Å²) in [6, 6.07) is 0.749. The normalized spacial score (nSPS) is 27.0. The van der Waals surface area contributed by atoms with Crippen LogP contribution in [0.5, 0.6) is 0 Å². The zero-order valence-electron chi connectivity index (χ0n) is 11.2. The highest BCUT2D eigenvalue weighted by atomic mass is 32.2. The molecule has 1 N–H and O–H groups in total. The molecule has 0 aromatic carbocycles. The minimum Gasteiger partial charge on any atom is -0.317 e. The Morgan fingerprint density at radius 2 is 2.00 bits per heavy atom. The first-order valence-corrected chi connectivity index (χ1v) is 8.02. The predicted octanol–water partition coefficient (Wildman–Crippen LogP) is 2.45. The lowest BCUT2D eigenvalue weighted by atomic mass is 9.94. The molecule has 3 heteroatoms. The van der Waals surface area contributed by atoms with Crippen molar-refractivity contribution in [1.82, 2.24) is 10.2 Å². The van der Waals surface area contributed by atoms with E-state index in [0.29, 0.717) is 0 Å². The van der Waals surface area contributed by atoms with Crippen molar-refractivity contribution in [2.45, 2.75) is 38.1 Å². The molecule has 0 spiro atoms. The minimum atomic E-state index is 0.749. The maximum atomic E-state index is 3.52. The topological polar surface area (TPSA) is 15.3 Å². The van der Waals surface area contributed by atoms with E-state index in [2.05, 4.69) is 30.6 Å². The van der Waals surface area contributed by atoms with Crippen LogP contribution in [0.15, 0.2) is 0 Å². The van der Waals surface area contributed by atoms with Gasteiger partial charge in [-0.1, -0.05) is 19.3 Å². The predicted molar refractivity (Wildman–Crippen MR) is 75.3 cm³/mol. The Morgan fingerprint density at radius 1 is 1.25 bits per heavy atom. The largest absolute Gasteiger partial charge is 0.317 e. The standard InChI is InChI=1S/C13H28N2S/c1-14-13-8-6-4-5-7-12(13)11-15(2)9-10-16-3/h12-14H,4-11H2,1-3H3. The third-order valence-corrected chi connectivity index (χ3v) is 4.34. The average molecular weight is 244 g/mol. The van der Waals surface area contributed by atoms with E-state index in [1.807, 2.05) is 11.8 Å². The van der Waals surface area contributed by atoms with Gasteiger partial charge in [-0.05, 0) is 39.1 Å². The van der Waals surface area contributed by atoms with Crippen molar-refractivity contribution in [1.29, 1.82) is 0 Å². The second-order valence-corrected chi connectivity index (χ2v) is 6.03. The minimum absolute atomic E-state index is 0.749. The number of thioether (sulfide) groups is 1. The number of hydrogen-bond donors (Lipinski definition) is 1. The average Bonchev–Trinajstić information content (AvgIpc) is 2.51. The molecule has 0 radical (unpaired) electrons. The number of nitrogens with zero attached hydrogens (tertiary/aromatic N) is 1. The highest BCUT2D eigenvalue weighted by Gasteiger charge is 2.23. The third-order valence-electron chi connectivity index (χ3n) is 3.75. The Bertz CT molecular complexity index is 175. The van der Waals surface area contributed by atoms with E-state index in [1.54, 1.807) is 0 Å². The van der Waals surface area contributed by atoms with E-state index < -0.39 is 0 Å². The van der Waals surface area contributed by atoms with Crippen LogP contribution in [0.25, 0.3) is 0 Å².